The van der Waals surface area contributed by atoms with E-state index in [1.54, 1.807) is 41.8 Å². The number of fused-ring (bicyclic) bond motifs is 1. The van der Waals surface area contributed by atoms with Gasteiger partial charge in [0, 0.05) is 5.02 Å². The van der Waals surface area contributed by atoms with Crippen molar-refractivity contribution in [2.24, 2.45) is 0 Å². The van der Waals surface area contributed by atoms with Gasteiger partial charge in [0.1, 0.15) is 5.75 Å². The molecule has 2 heterocycles. The SMILES string of the molecule is Clc1ccc(Oc2nncc3sccc23)cc1. The summed E-state index contributed by atoms with van der Waals surface area (Å²) in [6.07, 6.45) is 1.73. The number of benzene rings is 1. The van der Waals surface area contributed by atoms with Gasteiger partial charge in [-0.05, 0) is 35.7 Å². The maximum atomic E-state index is 5.81. The highest BCUT2D eigenvalue weighted by Crippen LogP contribution is 2.30. The summed E-state index contributed by atoms with van der Waals surface area (Å²) in [7, 11) is 0. The molecule has 17 heavy (non-hydrogen) atoms. The zero-order valence-corrected chi connectivity index (χ0v) is 10.2. The molecule has 2 aromatic heterocycles. The van der Waals surface area contributed by atoms with Crippen molar-refractivity contribution >= 4 is 33.0 Å². The second-order valence-electron chi connectivity index (χ2n) is 3.40. The fourth-order valence-corrected chi connectivity index (χ4v) is 2.34. The Kier molecular flexibility index (Phi) is 2.66. The lowest BCUT2D eigenvalue weighted by Gasteiger charge is -2.04. The molecule has 3 rings (SSSR count). The molecular weight excluding hydrogens is 256 g/mol. The van der Waals surface area contributed by atoms with Crippen LogP contribution in [0.15, 0.2) is 41.9 Å². The van der Waals surface area contributed by atoms with Crippen LogP contribution in [0, 0.1) is 0 Å². The molecule has 0 N–H and O–H groups in total. The van der Waals surface area contributed by atoms with E-state index in [4.69, 9.17) is 16.3 Å². The van der Waals surface area contributed by atoms with Crippen LogP contribution < -0.4 is 4.74 Å². The van der Waals surface area contributed by atoms with Crippen molar-refractivity contribution in [3.8, 4) is 11.6 Å². The predicted octanol–water partition coefficient (Wildman–Crippen LogP) is 4.14. The first-order valence-corrected chi connectivity index (χ1v) is 6.21. The molecule has 0 saturated carbocycles. The molecule has 0 fully saturated rings. The molecule has 0 bridgehead atoms. The largest absolute Gasteiger partial charge is 0.437 e. The fraction of sp³-hybridized carbons (Fsp3) is 0. The van der Waals surface area contributed by atoms with Crippen LogP contribution in [0.3, 0.4) is 0 Å². The zero-order chi connectivity index (χ0) is 11.7. The molecule has 3 aromatic rings. The molecule has 84 valence electrons. The van der Waals surface area contributed by atoms with Crippen LogP contribution in [0.2, 0.25) is 5.02 Å². The van der Waals surface area contributed by atoms with Gasteiger partial charge in [-0.25, -0.2) is 0 Å². The Morgan fingerprint density at radius 1 is 1.12 bits per heavy atom. The molecule has 0 aliphatic heterocycles. The molecule has 0 saturated heterocycles. The highest BCUT2D eigenvalue weighted by Gasteiger charge is 2.06. The lowest BCUT2D eigenvalue weighted by molar-refractivity contribution is 0.462. The minimum Gasteiger partial charge on any atom is -0.437 e. The molecule has 0 aliphatic carbocycles. The topological polar surface area (TPSA) is 35.0 Å². The zero-order valence-electron chi connectivity index (χ0n) is 8.63. The van der Waals surface area contributed by atoms with Gasteiger partial charge in [-0.1, -0.05) is 11.6 Å². The molecule has 0 unspecified atom stereocenters. The summed E-state index contributed by atoms with van der Waals surface area (Å²) in [6, 6.07) is 9.13. The van der Waals surface area contributed by atoms with Gasteiger partial charge in [0.15, 0.2) is 0 Å². The van der Waals surface area contributed by atoms with Crippen LogP contribution in [0.4, 0.5) is 0 Å². The summed E-state index contributed by atoms with van der Waals surface area (Å²) in [5, 5.41) is 11.5. The Labute approximate surface area is 107 Å². The van der Waals surface area contributed by atoms with E-state index in [2.05, 4.69) is 10.2 Å². The molecule has 0 atom stereocenters. The van der Waals surface area contributed by atoms with E-state index >= 15 is 0 Å². The molecule has 0 spiro atoms. The first-order valence-electron chi connectivity index (χ1n) is 4.95. The number of nitrogens with zero attached hydrogens (tertiary/aromatic N) is 2. The monoisotopic (exact) mass is 262 g/mol. The van der Waals surface area contributed by atoms with Crippen molar-refractivity contribution in [3.63, 3.8) is 0 Å². The van der Waals surface area contributed by atoms with Gasteiger partial charge >= 0.3 is 0 Å². The van der Waals surface area contributed by atoms with Gasteiger partial charge < -0.3 is 4.74 Å². The van der Waals surface area contributed by atoms with Crippen LogP contribution in [0.25, 0.3) is 10.1 Å². The fourth-order valence-electron chi connectivity index (χ4n) is 1.47. The third kappa shape index (κ3) is 2.09. The lowest BCUT2D eigenvalue weighted by Crippen LogP contribution is -1.89. The maximum absolute atomic E-state index is 5.81. The van der Waals surface area contributed by atoms with Gasteiger partial charge in [0.2, 0.25) is 5.88 Å². The van der Waals surface area contributed by atoms with Crippen LogP contribution in [0.1, 0.15) is 0 Å². The minimum absolute atomic E-state index is 0.520. The average Bonchev–Trinajstić information content (AvgIpc) is 2.81. The number of thiophene rings is 1. The van der Waals surface area contributed by atoms with Crippen molar-refractivity contribution in [2.45, 2.75) is 0 Å². The number of hydrogen-bond donors (Lipinski definition) is 0. The Balaban J connectivity index is 1.99. The third-order valence-corrected chi connectivity index (χ3v) is 3.38. The molecule has 3 nitrogen and oxygen atoms in total. The third-order valence-electron chi connectivity index (χ3n) is 2.28. The number of hydrogen-bond acceptors (Lipinski definition) is 4. The summed E-state index contributed by atoms with van der Waals surface area (Å²) in [4.78, 5) is 0. The quantitative estimate of drug-likeness (QED) is 0.696. The van der Waals surface area contributed by atoms with E-state index < -0.39 is 0 Å². The molecule has 1 aromatic carbocycles. The van der Waals surface area contributed by atoms with Crippen LogP contribution >= 0.6 is 22.9 Å². The highest BCUT2D eigenvalue weighted by atomic mass is 35.5. The lowest BCUT2D eigenvalue weighted by atomic mass is 10.3. The van der Waals surface area contributed by atoms with Crippen molar-refractivity contribution in [1.82, 2.24) is 10.2 Å². The summed E-state index contributed by atoms with van der Waals surface area (Å²) < 4.78 is 6.74. The van der Waals surface area contributed by atoms with E-state index in [9.17, 15) is 0 Å². The van der Waals surface area contributed by atoms with Gasteiger partial charge in [0.05, 0.1) is 16.3 Å². The van der Waals surface area contributed by atoms with Crippen LogP contribution in [0.5, 0.6) is 11.6 Å². The van der Waals surface area contributed by atoms with Crippen LogP contribution in [-0.2, 0) is 0 Å². The van der Waals surface area contributed by atoms with Crippen LogP contribution in [-0.4, -0.2) is 10.2 Å². The molecule has 0 aliphatic rings. The Morgan fingerprint density at radius 2 is 1.94 bits per heavy atom. The summed E-state index contributed by atoms with van der Waals surface area (Å²) in [5.74, 6) is 1.22. The summed E-state index contributed by atoms with van der Waals surface area (Å²) in [6.45, 7) is 0. The Morgan fingerprint density at radius 3 is 2.76 bits per heavy atom. The molecule has 0 radical (unpaired) electrons. The average molecular weight is 263 g/mol. The van der Waals surface area contributed by atoms with E-state index in [0.29, 0.717) is 16.7 Å². The van der Waals surface area contributed by atoms with E-state index in [0.717, 1.165) is 10.1 Å². The summed E-state index contributed by atoms with van der Waals surface area (Å²) >= 11 is 7.42. The molecular formula is C12H7ClN2OS. The minimum atomic E-state index is 0.520. The van der Waals surface area contributed by atoms with Gasteiger partial charge in [0.25, 0.3) is 0 Å². The van der Waals surface area contributed by atoms with Crippen molar-refractivity contribution in [2.75, 3.05) is 0 Å². The normalized spacial score (nSPS) is 10.6. The van der Waals surface area contributed by atoms with E-state index in [-0.39, 0.29) is 0 Å². The molecule has 5 heteroatoms. The number of aromatic nitrogens is 2. The first kappa shape index (κ1) is 10.5. The van der Waals surface area contributed by atoms with Gasteiger partial charge in [-0.15, -0.1) is 16.4 Å². The van der Waals surface area contributed by atoms with Gasteiger partial charge in [-0.3, -0.25) is 0 Å². The highest BCUT2D eigenvalue weighted by molar-refractivity contribution is 7.17. The number of halogens is 1. The Hall–Kier alpha value is -1.65. The number of rotatable bonds is 2. The smallest absolute Gasteiger partial charge is 0.247 e. The predicted molar refractivity (Wildman–Crippen MR) is 68.9 cm³/mol. The molecule has 0 amide bonds. The van der Waals surface area contributed by atoms with Gasteiger partial charge in [-0.2, -0.15) is 5.10 Å². The standard InChI is InChI=1S/C12H7ClN2OS/c13-8-1-3-9(4-2-8)16-12-10-5-6-17-11(10)7-14-15-12/h1-7H. The summed E-state index contributed by atoms with van der Waals surface area (Å²) in [5.41, 5.74) is 0. The second kappa shape index (κ2) is 4.31. The van der Waals surface area contributed by atoms with E-state index in [1.807, 2.05) is 11.4 Å². The maximum Gasteiger partial charge on any atom is 0.247 e. The van der Waals surface area contributed by atoms with E-state index in [1.165, 1.54) is 0 Å². The van der Waals surface area contributed by atoms with Crippen molar-refractivity contribution in [3.05, 3.63) is 46.9 Å². The first-order chi connectivity index (χ1) is 8.33. The number of ether oxygens (including phenoxy) is 1. The second-order valence-corrected chi connectivity index (χ2v) is 4.79. The Bertz CT molecular complexity index is 651. The van der Waals surface area contributed by atoms with Crippen molar-refractivity contribution < 1.29 is 4.74 Å². The van der Waals surface area contributed by atoms with Crippen molar-refractivity contribution in [1.29, 1.82) is 0 Å².